The highest BCUT2D eigenvalue weighted by atomic mass is 16.4. The highest BCUT2D eigenvalue weighted by Crippen LogP contribution is 2.38. The lowest BCUT2D eigenvalue weighted by Crippen LogP contribution is -2.47. The zero-order valence-electron chi connectivity index (χ0n) is 11.3. The molecule has 6 nitrogen and oxygen atoms in total. The summed E-state index contributed by atoms with van der Waals surface area (Å²) in [5, 5.41) is 8.87. The number of hydrogen-bond donors (Lipinski definition) is 1. The Labute approximate surface area is 116 Å². The van der Waals surface area contributed by atoms with Crippen molar-refractivity contribution in [3.63, 3.8) is 0 Å². The largest absolute Gasteiger partial charge is 0.481 e. The fourth-order valence-corrected chi connectivity index (χ4v) is 2.48. The van der Waals surface area contributed by atoms with Crippen LogP contribution in [0.2, 0.25) is 0 Å². The Balaban J connectivity index is 1.66. The van der Waals surface area contributed by atoms with Gasteiger partial charge in [0.25, 0.3) is 5.91 Å². The molecule has 0 atom stereocenters. The number of aromatic nitrogens is 2. The Hall–Kier alpha value is -1.98. The van der Waals surface area contributed by atoms with E-state index in [-0.39, 0.29) is 17.9 Å². The maximum Gasteiger partial charge on any atom is 0.306 e. The molecule has 0 radical (unpaired) electrons. The third kappa shape index (κ3) is 2.37. The smallest absolute Gasteiger partial charge is 0.306 e. The van der Waals surface area contributed by atoms with Gasteiger partial charge < -0.3 is 10.0 Å². The van der Waals surface area contributed by atoms with Gasteiger partial charge in [-0.3, -0.25) is 9.59 Å². The van der Waals surface area contributed by atoms with E-state index < -0.39 is 5.97 Å². The van der Waals surface area contributed by atoms with E-state index in [9.17, 15) is 9.59 Å². The summed E-state index contributed by atoms with van der Waals surface area (Å²) in [5.41, 5.74) is 0.406. The summed E-state index contributed by atoms with van der Waals surface area (Å²) in [7, 11) is 1.71. The van der Waals surface area contributed by atoms with Crippen molar-refractivity contribution in [1.82, 2.24) is 14.9 Å². The predicted molar refractivity (Wildman–Crippen MR) is 70.2 cm³/mol. The van der Waals surface area contributed by atoms with Crippen LogP contribution < -0.4 is 0 Å². The van der Waals surface area contributed by atoms with Gasteiger partial charge in [0, 0.05) is 25.2 Å². The normalized spacial score (nSPS) is 24.9. The van der Waals surface area contributed by atoms with Crippen molar-refractivity contribution in [2.45, 2.75) is 37.6 Å². The van der Waals surface area contributed by atoms with Crippen LogP contribution >= 0.6 is 0 Å². The fraction of sp³-hybridized carbons (Fsp3) is 0.571. The molecule has 0 bridgehead atoms. The standard InChI is InChI=1S/C14H17N3O3/c1-17(10-6-9(7-10)14(19)20)13(18)11-4-5-15-12(16-11)8-2-3-8/h4-5,8-10H,2-3,6-7H2,1H3,(H,19,20). The van der Waals surface area contributed by atoms with Crippen LogP contribution in [0, 0.1) is 5.92 Å². The first kappa shape index (κ1) is 13.0. The molecular weight excluding hydrogens is 258 g/mol. The average molecular weight is 275 g/mol. The van der Waals surface area contributed by atoms with Crippen LogP contribution in [0.5, 0.6) is 0 Å². The van der Waals surface area contributed by atoms with E-state index in [1.807, 2.05) is 0 Å². The van der Waals surface area contributed by atoms with Gasteiger partial charge in [0.05, 0.1) is 5.92 Å². The first-order valence-corrected chi connectivity index (χ1v) is 6.89. The second-order valence-electron chi connectivity index (χ2n) is 5.65. The predicted octanol–water partition coefficient (Wildman–Crippen LogP) is 1.29. The van der Waals surface area contributed by atoms with E-state index >= 15 is 0 Å². The molecule has 1 aromatic rings. The Bertz CT molecular complexity index is 550. The van der Waals surface area contributed by atoms with Crippen LogP contribution in [0.4, 0.5) is 0 Å². The van der Waals surface area contributed by atoms with E-state index in [0.717, 1.165) is 18.7 Å². The molecule has 2 aliphatic carbocycles. The van der Waals surface area contributed by atoms with Gasteiger partial charge in [-0.05, 0) is 31.7 Å². The molecule has 1 aromatic heterocycles. The number of amides is 1. The molecule has 3 rings (SSSR count). The van der Waals surface area contributed by atoms with Crippen LogP contribution in [0.3, 0.4) is 0 Å². The number of carboxylic acid groups (broad SMARTS) is 1. The first-order valence-electron chi connectivity index (χ1n) is 6.89. The third-order valence-electron chi connectivity index (χ3n) is 4.17. The van der Waals surface area contributed by atoms with Crippen molar-refractivity contribution >= 4 is 11.9 Å². The molecule has 106 valence electrons. The molecule has 0 spiro atoms. The van der Waals surface area contributed by atoms with Crippen molar-refractivity contribution < 1.29 is 14.7 Å². The van der Waals surface area contributed by atoms with Crippen molar-refractivity contribution in [3.8, 4) is 0 Å². The minimum absolute atomic E-state index is 0.00272. The SMILES string of the molecule is CN(C(=O)c1ccnc(C2CC2)n1)C1CC(C(=O)O)C1. The molecule has 2 fully saturated rings. The van der Waals surface area contributed by atoms with E-state index in [1.165, 1.54) is 0 Å². The van der Waals surface area contributed by atoms with Crippen molar-refractivity contribution in [2.24, 2.45) is 5.92 Å². The quantitative estimate of drug-likeness (QED) is 0.895. The van der Waals surface area contributed by atoms with Crippen LogP contribution in [0.15, 0.2) is 12.3 Å². The van der Waals surface area contributed by atoms with Gasteiger partial charge in [-0.1, -0.05) is 0 Å². The van der Waals surface area contributed by atoms with Gasteiger partial charge in [0.15, 0.2) is 0 Å². The molecule has 1 heterocycles. The lowest BCUT2D eigenvalue weighted by atomic mass is 9.79. The number of carboxylic acids is 1. The first-order chi connectivity index (χ1) is 9.56. The van der Waals surface area contributed by atoms with Gasteiger partial charge in [-0.15, -0.1) is 0 Å². The van der Waals surface area contributed by atoms with E-state index in [0.29, 0.717) is 24.5 Å². The summed E-state index contributed by atoms with van der Waals surface area (Å²) in [5.74, 6) is -0.0830. The molecule has 6 heteroatoms. The number of hydrogen-bond acceptors (Lipinski definition) is 4. The minimum Gasteiger partial charge on any atom is -0.481 e. The maximum absolute atomic E-state index is 12.3. The molecule has 0 unspecified atom stereocenters. The van der Waals surface area contributed by atoms with Crippen LogP contribution in [0.25, 0.3) is 0 Å². The second-order valence-corrected chi connectivity index (χ2v) is 5.65. The monoisotopic (exact) mass is 275 g/mol. The summed E-state index contributed by atoms with van der Waals surface area (Å²) in [4.78, 5) is 33.3. The molecule has 2 saturated carbocycles. The van der Waals surface area contributed by atoms with E-state index in [1.54, 1.807) is 24.2 Å². The summed E-state index contributed by atoms with van der Waals surface area (Å²) in [6.07, 6.45) is 4.87. The highest BCUT2D eigenvalue weighted by molar-refractivity contribution is 5.92. The summed E-state index contributed by atoms with van der Waals surface area (Å²) >= 11 is 0. The van der Waals surface area contributed by atoms with Gasteiger partial charge in [-0.2, -0.15) is 0 Å². The number of aliphatic carboxylic acids is 1. The molecule has 2 aliphatic rings. The van der Waals surface area contributed by atoms with Crippen molar-refractivity contribution in [2.75, 3.05) is 7.05 Å². The average Bonchev–Trinajstić information content (AvgIpc) is 3.20. The number of carbonyl (C=O) groups is 2. The van der Waals surface area contributed by atoms with Crippen molar-refractivity contribution in [1.29, 1.82) is 0 Å². The molecule has 0 aliphatic heterocycles. The molecule has 20 heavy (non-hydrogen) atoms. The van der Waals surface area contributed by atoms with Crippen LogP contribution in [-0.4, -0.2) is 44.9 Å². The van der Waals surface area contributed by atoms with Gasteiger partial charge in [0.2, 0.25) is 0 Å². The fourth-order valence-electron chi connectivity index (χ4n) is 2.48. The zero-order chi connectivity index (χ0) is 14.3. The topological polar surface area (TPSA) is 83.4 Å². The van der Waals surface area contributed by atoms with Gasteiger partial charge in [-0.25, -0.2) is 9.97 Å². The number of carbonyl (C=O) groups excluding carboxylic acids is 1. The molecule has 0 aromatic carbocycles. The van der Waals surface area contributed by atoms with E-state index in [4.69, 9.17) is 5.11 Å². The second kappa shape index (κ2) is 4.85. The Kier molecular flexibility index (Phi) is 3.16. The summed E-state index contributed by atoms with van der Waals surface area (Å²) in [6, 6.07) is 1.63. The van der Waals surface area contributed by atoms with Gasteiger partial charge in [0.1, 0.15) is 11.5 Å². The van der Waals surface area contributed by atoms with Gasteiger partial charge >= 0.3 is 5.97 Å². The Morgan fingerprint density at radius 2 is 2.05 bits per heavy atom. The molecule has 1 amide bonds. The number of rotatable bonds is 4. The third-order valence-corrected chi connectivity index (χ3v) is 4.17. The summed E-state index contributed by atoms with van der Waals surface area (Å²) < 4.78 is 0. The maximum atomic E-state index is 12.3. The molecular formula is C14H17N3O3. The van der Waals surface area contributed by atoms with E-state index in [2.05, 4.69) is 9.97 Å². The minimum atomic E-state index is -0.778. The zero-order valence-corrected chi connectivity index (χ0v) is 11.3. The van der Waals surface area contributed by atoms with Crippen LogP contribution in [-0.2, 0) is 4.79 Å². The van der Waals surface area contributed by atoms with Crippen LogP contribution in [0.1, 0.15) is 47.9 Å². The lowest BCUT2D eigenvalue weighted by Gasteiger charge is -2.38. The molecule has 1 N–H and O–H groups in total. The highest BCUT2D eigenvalue weighted by Gasteiger charge is 2.39. The van der Waals surface area contributed by atoms with Crippen molar-refractivity contribution in [3.05, 3.63) is 23.8 Å². The summed E-state index contributed by atoms with van der Waals surface area (Å²) in [6.45, 7) is 0. The lowest BCUT2D eigenvalue weighted by molar-refractivity contribution is -0.146. The number of nitrogens with zero attached hydrogens (tertiary/aromatic N) is 3. The Morgan fingerprint density at radius 1 is 1.35 bits per heavy atom. The molecule has 0 saturated heterocycles. The Morgan fingerprint density at radius 3 is 2.65 bits per heavy atom.